The summed E-state index contributed by atoms with van der Waals surface area (Å²) in [6.07, 6.45) is 9.22. The Bertz CT molecular complexity index is 1500. The lowest BCUT2D eigenvalue weighted by Gasteiger charge is -2.06. The Morgan fingerprint density at radius 1 is 0.906 bits per heavy atom. The highest BCUT2D eigenvalue weighted by atomic mass is 35.5. The summed E-state index contributed by atoms with van der Waals surface area (Å²) in [5.74, 6) is 7.16. The largest absolute Gasteiger partial charge is 0.494 e. The Balaban J connectivity index is 1.53. The summed E-state index contributed by atoms with van der Waals surface area (Å²) in [6.45, 7) is 1.99. The fourth-order valence-corrected chi connectivity index (χ4v) is 3.70. The number of hydrogen-bond acceptors (Lipinski definition) is 4. The molecular formula is C24H19ClN6O. The number of fused-ring (bicyclic) bond motifs is 1. The number of rotatable bonds is 3. The van der Waals surface area contributed by atoms with Crippen LogP contribution in [0.1, 0.15) is 16.8 Å². The molecule has 0 radical (unpaired) electrons. The van der Waals surface area contributed by atoms with E-state index in [4.69, 9.17) is 16.3 Å². The molecule has 4 heterocycles. The van der Waals surface area contributed by atoms with Crippen molar-refractivity contribution in [2.24, 2.45) is 7.05 Å². The van der Waals surface area contributed by atoms with Crippen LogP contribution in [0.4, 0.5) is 0 Å². The van der Waals surface area contributed by atoms with Gasteiger partial charge in [-0.05, 0) is 37.3 Å². The molecule has 0 aliphatic rings. The van der Waals surface area contributed by atoms with Crippen molar-refractivity contribution in [3.05, 3.63) is 83.2 Å². The van der Waals surface area contributed by atoms with Gasteiger partial charge in [0.25, 0.3) is 0 Å². The molecule has 0 atom stereocenters. The first-order valence-electron chi connectivity index (χ1n) is 9.90. The summed E-state index contributed by atoms with van der Waals surface area (Å²) in [5.41, 5.74) is 6.26. The lowest BCUT2D eigenvalue weighted by Crippen LogP contribution is -1.98. The highest BCUT2D eigenvalue weighted by molar-refractivity contribution is 6.30. The van der Waals surface area contributed by atoms with E-state index >= 15 is 0 Å². The number of hydrogen-bond donors (Lipinski definition) is 0. The number of pyridine rings is 1. The molecule has 0 fully saturated rings. The van der Waals surface area contributed by atoms with E-state index in [2.05, 4.69) is 27.1 Å². The number of nitrogens with zero attached hydrogens (tertiary/aromatic N) is 6. The van der Waals surface area contributed by atoms with Gasteiger partial charge in [0.2, 0.25) is 0 Å². The zero-order chi connectivity index (χ0) is 22.2. The molecular weight excluding hydrogens is 424 g/mol. The number of halogens is 1. The van der Waals surface area contributed by atoms with Gasteiger partial charge in [-0.25, -0.2) is 9.20 Å². The molecule has 1 aromatic carbocycles. The summed E-state index contributed by atoms with van der Waals surface area (Å²) in [4.78, 5) is 0. The number of aromatic nitrogens is 6. The second-order valence-electron chi connectivity index (χ2n) is 7.33. The average molecular weight is 443 g/mol. The Morgan fingerprint density at radius 2 is 1.66 bits per heavy atom. The van der Waals surface area contributed by atoms with Crippen LogP contribution in [0.15, 0.2) is 61.3 Å². The van der Waals surface area contributed by atoms with Crippen molar-refractivity contribution >= 4 is 17.1 Å². The number of ether oxygens (including phenoxy) is 1. The third kappa shape index (κ3) is 3.51. The lowest BCUT2D eigenvalue weighted by molar-refractivity contribution is 0.417. The summed E-state index contributed by atoms with van der Waals surface area (Å²) in [7, 11) is 3.53. The monoisotopic (exact) mass is 442 g/mol. The van der Waals surface area contributed by atoms with Gasteiger partial charge in [0.15, 0.2) is 0 Å². The maximum absolute atomic E-state index is 5.99. The summed E-state index contributed by atoms with van der Waals surface area (Å²) in [5, 5.41) is 13.9. The molecule has 5 aromatic rings. The van der Waals surface area contributed by atoms with Gasteiger partial charge < -0.3 is 4.74 Å². The summed E-state index contributed by atoms with van der Waals surface area (Å²) >= 11 is 5.99. The predicted molar refractivity (Wildman–Crippen MR) is 123 cm³/mol. The van der Waals surface area contributed by atoms with Crippen molar-refractivity contribution in [2.75, 3.05) is 7.11 Å². The van der Waals surface area contributed by atoms with Gasteiger partial charge in [-0.3, -0.25) is 4.68 Å². The third-order valence-electron chi connectivity index (χ3n) is 5.25. The van der Waals surface area contributed by atoms with E-state index in [1.54, 1.807) is 28.7 Å². The van der Waals surface area contributed by atoms with E-state index in [0.717, 1.165) is 39.2 Å². The molecule has 4 aromatic heterocycles. The normalized spacial score (nSPS) is 10.9. The van der Waals surface area contributed by atoms with Gasteiger partial charge >= 0.3 is 0 Å². The first-order valence-corrected chi connectivity index (χ1v) is 10.3. The topological polar surface area (TPSA) is 62.2 Å². The minimum Gasteiger partial charge on any atom is -0.494 e. The van der Waals surface area contributed by atoms with Crippen LogP contribution in [0.25, 0.3) is 22.3 Å². The molecule has 5 rings (SSSR count). The van der Waals surface area contributed by atoms with E-state index in [9.17, 15) is 0 Å². The standard InChI is InChI=1S/C24H19ClN6O/c1-16-17(11-28-31(16)22-8-6-21(25)7-9-22)4-5-18-12-27-30-15-19(10-23(32-3)24(18)30)20-13-26-29(2)14-20/h6-15H,1-3H3. The molecule has 158 valence electrons. The average Bonchev–Trinajstić information content (AvgIpc) is 3.51. The van der Waals surface area contributed by atoms with Gasteiger partial charge in [0, 0.05) is 35.6 Å². The van der Waals surface area contributed by atoms with Crippen LogP contribution in [0.2, 0.25) is 5.02 Å². The van der Waals surface area contributed by atoms with Crippen LogP contribution in [-0.4, -0.2) is 36.3 Å². The van der Waals surface area contributed by atoms with Crippen molar-refractivity contribution < 1.29 is 4.74 Å². The third-order valence-corrected chi connectivity index (χ3v) is 5.50. The van der Waals surface area contributed by atoms with Crippen LogP contribution < -0.4 is 4.74 Å². The molecule has 0 aliphatic carbocycles. The molecule has 32 heavy (non-hydrogen) atoms. The van der Waals surface area contributed by atoms with Gasteiger partial charge in [-0.2, -0.15) is 15.3 Å². The van der Waals surface area contributed by atoms with Crippen molar-refractivity contribution in [3.8, 4) is 34.4 Å². The fraction of sp³-hybridized carbons (Fsp3) is 0.125. The number of benzene rings is 1. The first-order chi connectivity index (χ1) is 15.5. The van der Waals surface area contributed by atoms with Crippen LogP contribution in [0.3, 0.4) is 0 Å². The van der Waals surface area contributed by atoms with Crippen molar-refractivity contribution in [3.63, 3.8) is 0 Å². The lowest BCUT2D eigenvalue weighted by atomic mass is 10.1. The van der Waals surface area contributed by atoms with Crippen LogP contribution in [0, 0.1) is 18.8 Å². The van der Waals surface area contributed by atoms with Crippen LogP contribution >= 0.6 is 11.6 Å². The molecule has 0 aliphatic heterocycles. The molecule has 7 nitrogen and oxygen atoms in total. The van der Waals surface area contributed by atoms with Gasteiger partial charge in [0.1, 0.15) is 11.3 Å². The van der Waals surface area contributed by atoms with Crippen molar-refractivity contribution in [1.82, 2.24) is 29.2 Å². The highest BCUT2D eigenvalue weighted by Gasteiger charge is 2.13. The van der Waals surface area contributed by atoms with Crippen molar-refractivity contribution in [1.29, 1.82) is 0 Å². The van der Waals surface area contributed by atoms with Gasteiger partial charge in [-0.1, -0.05) is 23.4 Å². The number of aryl methyl sites for hydroxylation is 1. The second-order valence-corrected chi connectivity index (χ2v) is 7.77. The SMILES string of the molecule is COc1cc(-c2cnn(C)c2)cn2ncc(C#Cc3cnn(-c4ccc(Cl)cc4)c3C)c12. The molecule has 0 spiro atoms. The Morgan fingerprint density at radius 3 is 2.38 bits per heavy atom. The first kappa shape index (κ1) is 19.9. The molecule has 0 amide bonds. The fourth-order valence-electron chi connectivity index (χ4n) is 3.57. The Kier molecular flexibility index (Phi) is 4.92. The predicted octanol–water partition coefficient (Wildman–Crippen LogP) is 4.29. The molecule has 8 heteroatoms. The summed E-state index contributed by atoms with van der Waals surface area (Å²) in [6, 6.07) is 9.51. The zero-order valence-electron chi connectivity index (χ0n) is 17.7. The van der Waals surface area contributed by atoms with E-state index < -0.39 is 0 Å². The minimum atomic E-state index is 0.687. The molecule has 0 saturated heterocycles. The van der Waals surface area contributed by atoms with E-state index in [1.165, 1.54) is 0 Å². The molecule has 0 unspecified atom stereocenters. The second kappa shape index (κ2) is 7.91. The van der Waals surface area contributed by atoms with Crippen LogP contribution in [0.5, 0.6) is 5.75 Å². The minimum absolute atomic E-state index is 0.687. The van der Waals surface area contributed by atoms with E-state index in [1.807, 2.05) is 67.6 Å². The Hall–Kier alpha value is -4.02. The smallest absolute Gasteiger partial charge is 0.146 e. The highest BCUT2D eigenvalue weighted by Crippen LogP contribution is 2.29. The Labute approximate surface area is 189 Å². The molecule has 0 saturated carbocycles. The molecule has 0 N–H and O–H groups in total. The van der Waals surface area contributed by atoms with E-state index in [0.29, 0.717) is 10.8 Å². The maximum atomic E-state index is 5.99. The number of methoxy groups -OCH3 is 1. The van der Waals surface area contributed by atoms with Gasteiger partial charge in [0.05, 0.1) is 48.2 Å². The summed E-state index contributed by atoms with van der Waals surface area (Å²) < 4.78 is 11.1. The van der Waals surface area contributed by atoms with Crippen molar-refractivity contribution in [2.45, 2.75) is 6.92 Å². The maximum Gasteiger partial charge on any atom is 0.146 e. The van der Waals surface area contributed by atoms with Crippen LogP contribution in [-0.2, 0) is 7.05 Å². The molecule has 0 bridgehead atoms. The van der Waals surface area contributed by atoms with E-state index in [-0.39, 0.29) is 0 Å². The quantitative estimate of drug-likeness (QED) is 0.391. The zero-order valence-corrected chi connectivity index (χ0v) is 18.5. The van der Waals surface area contributed by atoms with Gasteiger partial charge in [-0.15, -0.1) is 0 Å².